The van der Waals surface area contributed by atoms with E-state index in [-0.39, 0.29) is 48.4 Å². The molecule has 1 saturated heterocycles. The Balaban J connectivity index is 1.38. The number of nitrogens with one attached hydrogen (secondary N) is 2. The van der Waals surface area contributed by atoms with E-state index in [0.29, 0.717) is 29.8 Å². The molecule has 8 heteroatoms. The van der Waals surface area contributed by atoms with Gasteiger partial charge >= 0.3 is 0 Å². The molecule has 2 aromatic carbocycles. The Morgan fingerprint density at radius 2 is 1.88 bits per heavy atom. The van der Waals surface area contributed by atoms with Gasteiger partial charge in [-0.15, -0.1) is 0 Å². The number of nitrogens with zero attached hydrogens (tertiary/aromatic N) is 1. The molecule has 34 heavy (non-hydrogen) atoms. The van der Waals surface area contributed by atoms with Crippen LogP contribution in [-0.2, 0) is 16.1 Å². The fraction of sp³-hybridized carbons (Fsp3) is 0.385. The Kier molecular flexibility index (Phi) is 7.07. The molecule has 2 aliphatic rings. The maximum atomic E-state index is 12.8. The first-order chi connectivity index (χ1) is 16.3. The lowest BCUT2D eigenvalue weighted by atomic mass is 10.1. The summed E-state index contributed by atoms with van der Waals surface area (Å²) in [7, 11) is 0. The number of rotatable bonds is 8. The minimum absolute atomic E-state index is 0.0536. The van der Waals surface area contributed by atoms with Crippen LogP contribution in [0.1, 0.15) is 69.7 Å². The summed E-state index contributed by atoms with van der Waals surface area (Å²) in [4.78, 5) is 51.5. The topological polar surface area (TPSA) is 105 Å². The molecule has 8 nitrogen and oxygen atoms in total. The van der Waals surface area contributed by atoms with Gasteiger partial charge in [0.2, 0.25) is 5.91 Å². The first kappa shape index (κ1) is 23.6. The van der Waals surface area contributed by atoms with Crippen LogP contribution in [0, 0.1) is 5.92 Å². The maximum Gasteiger partial charge on any atom is 0.261 e. The average molecular weight is 464 g/mol. The van der Waals surface area contributed by atoms with Crippen LogP contribution in [0.4, 0.5) is 5.69 Å². The van der Waals surface area contributed by atoms with Crippen molar-refractivity contribution in [2.24, 2.45) is 5.92 Å². The summed E-state index contributed by atoms with van der Waals surface area (Å²) >= 11 is 0. The molecule has 2 aromatic rings. The van der Waals surface area contributed by atoms with Gasteiger partial charge in [-0.1, -0.05) is 26.0 Å². The summed E-state index contributed by atoms with van der Waals surface area (Å²) in [6.07, 6.45) is 2.05. The van der Waals surface area contributed by atoms with Gasteiger partial charge in [-0.3, -0.25) is 24.1 Å². The minimum Gasteiger partial charge on any atom is -0.376 e. The number of amides is 4. The molecule has 2 N–H and O–H groups in total. The van der Waals surface area contributed by atoms with Gasteiger partial charge in [0.05, 0.1) is 23.8 Å². The highest BCUT2D eigenvalue weighted by molar-refractivity contribution is 6.22. The number of hydrogen-bond donors (Lipinski definition) is 2. The van der Waals surface area contributed by atoms with E-state index < -0.39 is 5.91 Å². The van der Waals surface area contributed by atoms with Crippen LogP contribution in [0.2, 0.25) is 0 Å². The Labute approximate surface area is 198 Å². The van der Waals surface area contributed by atoms with Gasteiger partial charge in [0.15, 0.2) is 0 Å². The molecule has 178 valence electrons. The van der Waals surface area contributed by atoms with Gasteiger partial charge in [-0.2, -0.15) is 0 Å². The second-order valence-corrected chi connectivity index (χ2v) is 9.15. The largest absolute Gasteiger partial charge is 0.376 e. The van der Waals surface area contributed by atoms with E-state index in [1.54, 1.807) is 12.1 Å². The van der Waals surface area contributed by atoms with Crippen LogP contribution in [-0.4, -0.2) is 47.8 Å². The third-order valence-electron chi connectivity index (χ3n) is 5.90. The number of carbonyl (C=O) groups is 4. The molecule has 2 aliphatic heterocycles. The van der Waals surface area contributed by atoms with E-state index in [4.69, 9.17) is 4.74 Å². The standard InChI is InChI=1S/C26H29N3O5/c1-16(2)11-23(30)28-19-6-3-5-17(12-19)14-27-24(31)18-8-9-21-22(13-18)26(33)29(25(21)32)15-20-7-4-10-34-20/h3,5-6,8-9,12-13,16,20H,4,7,10-11,14-15H2,1-2H3,(H,27,31)(H,28,30). The zero-order valence-electron chi connectivity index (χ0n) is 19.4. The highest BCUT2D eigenvalue weighted by Gasteiger charge is 2.37. The van der Waals surface area contributed by atoms with Gasteiger partial charge in [0.1, 0.15) is 0 Å². The highest BCUT2D eigenvalue weighted by Crippen LogP contribution is 2.26. The number of anilines is 1. The molecule has 1 unspecified atom stereocenters. The molecule has 0 aromatic heterocycles. The second-order valence-electron chi connectivity index (χ2n) is 9.15. The molecule has 1 fully saturated rings. The number of imide groups is 1. The average Bonchev–Trinajstić information content (AvgIpc) is 3.40. The molecule has 0 saturated carbocycles. The summed E-state index contributed by atoms with van der Waals surface area (Å²) in [6.45, 7) is 5.09. The fourth-order valence-corrected chi connectivity index (χ4v) is 4.22. The molecule has 0 spiro atoms. The number of benzene rings is 2. The quantitative estimate of drug-likeness (QED) is 0.584. The fourth-order valence-electron chi connectivity index (χ4n) is 4.22. The number of carbonyl (C=O) groups excluding carboxylic acids is 4. The predicted molar refractivity (Wildman–Crippen MR) is 126 cm³/mol. The lowest BCUT2D eigenvalue weighted by Gasteiger charge is -2.17. The van der Waals surface area contributed by atoms with Crippen LogP contribution in [0.5, 0.6) is 0 Å². The minimum atomic E-state index is -0.394. The molecule has 0 bridgehead atoms. The van der Waals surface area contributed by atoms with Gasteiger partial charge in [-0.25, -0.2) is 0 Å². The summed E-state index contributed by atoms with van der Waals surface area (Å²) in [6, 6.07) is 11.8. The maximum absolute atomic E-state index is 12.8. The van der Waals surface area contributed by atoms with Crippen LogP contribution >= 0.6 is 0 Å². The first-order valence-corrected chi connectivity index (χ1v) is 11.6. The summed E-state index contributed by atoms with van der Waals surface area (Å²) < 4.78 is 5.56. The normalized spacial score (nSPS) is 17.3. The summed E-state index contributed by atoms with van der Waals surface area (Å²) in [5.41, 5.74) is 2.35. The number of ether oxygens (including phenoxy) is 1. The number of hydrogen-bond acceptors (Lipinski definition) is 5. The highest BCUT2D eigenvalue weighted by atomic mass is 16.5. The van der Waals surface area contributed by atoms with Gasteiger partial charge in [0, 0.05) is 30.8 Å². The van der Waals surface area contributed by atoms with Gasteiger partial charge in [-0.05, 0) is 54.7 Å². The smallest absolute Gasteiger partial charge is 0.261 e. The van der Waals surface area contributed by atoms with Crippen molar-refractivity contribution >= 4 is 29.3 Å². The van der Waals surface area contributed by atoms with Gasteiger partial charge in [0.25, 0.3) is 17.7 Å². The zero-order valence-corrected chi connectivity index (χ0v) is 19.4. The molecular weight excluding hydrogens is 434 g/mol. The molecule has 1 atom stereocenters. The van der Waals surface area contributed by atoms with Crippen molar-refractivity contribution in [2.75, 3.05) is 18.5 Å². The zero-order chi connectivity index (χ0) is 24.2. The lowest BCUT2D eigenvalue weighted by molar-refractivity contribution is -0.116. The van der Waals surface area contributed by atoms with E-state index >= 15 is 0 Å². The van der Waals surface area contributed by atoms with Crippen molar-refractivity contribution in [3.05, 3.63) is 64.7 Å². The first-order valence-electron chi connectivity index (χ1n) is 11.6. The molecule has 2 heterocycles. The molecule has 4 rings (SSSR count). The molecular formula is C26H29N3O5. The third kappa shape index (κ3) is 5.34. The van der Waals surface area contributed by atoms with E-state index in [2.05, 4.69) is 10.6 Å². The van der Waals surface area contributed by atoms with Crippen molar-refractivity contribution in [3.8, 4) is 0 Å². The van der Waals surface area contributed by atoms with Crippen molar-refractivity contribution in [2.45, 2.75) is 45.8 Å². The summed E-state index contributed by atoms with van der Waals surface area (Å²) in [5.74, 6) is -0.884. The van der Waals surface area contributed by atoms with E-state index in [9.17, 15) is 19.2 Å². The van der Waals surface area contributed by atoms with Crippen LogP contribution in [0.25, 0.3) is 0 Å². The third-order valence-corrected chi connectivity index (χ3v) is 5.90. The monoisotopic (exact) mass is 463 g/mol. The van der Waals surface area contributed by atoms with Crippen LogP contribution < -0.4 is 10.6 Å². The predicted octanol–water partition coefficient (Wildman–Crippen LogP) is 3.38. The molecule has 0 aliphatic carbocycles. The lowest BCUT2D eigenvalue weighted by Crippen LogP contribution is -2.36. The van der Waals surface area contributed by atoms with Crippen molar-refractivity contribution in [1.82, 2.24) is 10.2 Å². The van der Waals surface area contributed by atoms with Gasteiger partial charge < -0.3 is 15.4 Å². The van der Waals surface area contributed by atoms with E-state index in [0.717, 1.165) is 18.4 Å². The van der Waals surface area contributed by atoms with E-state index in [1.807, 2.05) is 32.0 Å². The SMILES string of the molecule is CC(C)CC(=O)Nc1cccc(CNC(=O)c2ccc3c(c2)C(=O)N(CC2CCCO2)C3=O)c1. The number of fused-ring (bicyclic) bond motifs is 1. The summed E-state index contributed by atoms with van der Waals surface area (Å²) in [5, 5.41) is 5.70. The molecule has 4 amide bonds. The van der Waals surface area contributed by atoms with Crippen molar-refractivity contribution in [3.63, 3.8) is 0 Å². The Morgan fingerprint density at radius 1 is 1.09 bits per heavy atom. The van der Waals surface area contributed by atoms with Crippen LogP contribution in [0.3, 0.4) is 0 Å². The van der Waals surface area contributed by atoms with Crippen molar-refractivity contribution < 1.29 is 23.9 Å². The van der Waals surface area contributed by atoms with Crippen LogP contribution in [0.15, 0.2) is 42.5 Å². The molecule has 0 radical (unpaired) electrons. The Morgan fingerprint density at radius 3 is 2.62 bits per heavy atom. The van der Waals surface area contributed by atoms with E-state index in [1.165, 1.54) is 17.0 Å². The second kappa shape index (κ2) is 10.2. The van der Waals surface area contributed by atoms with Crippen molar-refractivity contribution in [1.29, 1.82) is 0 Å². The Bertz CT molecular complexity index is 1120. The Hall–Kier alpha value is -3.52.